The van der Waals surface area contributed by atoms with Crippen molar-refractivity contribution < 1.29 is 14.3 Å². The van der Waals surface area contributed by atoms with Gasteiger partial charge in [-0.1, -0.05) is 36.4 Å². The molecule has 1 N–H and O–H groups in total. The number of ether oxygens (including phenoxy) is 1. The van der Waals surface area contributed by atoms with Gasteiger partial charge in [0.1, 0.15) is 11.6 Å². The second-order valence-corrected chi connectivity index (χ2v) is 5.09. The zero-order chi connectivity index (χ0) is 14.5. The average Bonchev–Trinajstić information content (AvgIpc) is 2.34. The van der Waals surface area contributed by atoms with Gasteiger partial charge >= 0.3 is 6.09 Å². The number of nitrogens with one attached hydrogen (secondary N) is 1. The number of rotatable bonds is 4. The van der Waals surface area contributed by atoms with Crippen LogP contribution in [-0.4, -0.2) is 23.5 Å². The van der Waals surface area contributed by atoms with Crippen molar-refractivity contribution in [3.63, 3.8) is 0 Å². The molecule has 0 heterocycles. The van der Waals surface area contributed by atoms with Gasteiger partial charge < -0.3 is 10.1 Å². The Morgan fingerprint density at radius 1 is 1.26 bits per heavy atom. The quantitative estimate of drug-likeness (QED) is 0.669. The molecule has 0 spiro atoms. The molecule has 102 valence electrons. The lowest BCUT2D eigenvalue weighted by Crippen LogP contribution is -2.42. The highest BCUT2D eigenvalue weighted by molar-refractivity contribution is 6.02. The van der Waals surface area contributed by atoms with Gasteiger partial charge in [0.25, 0.3) is 0 Å². The minimum atomic E-state index is -0.794. The van der Waals surface area contributed by atoms with Crippen molar-refractivity contribution in [2.75, 3.05) is 0 Å². The molecule has 0 saturated carbocycles. The fourth-order valence-electron chi connectivity index (χ4n) is 1.45. The van der Waals surface area contributed by atoms with Crippen LogP contribution in [0.4, 0.5) is 4.79 Å². The van der Waals surface area contributed by atoms with Gasteiger partial charge in [-0.3, -0.25) is 4.79 Å². The summed E-state index contributed by atoms with van der Waals surface area (Å²) < 4.78 is 5.11. The van der Waals surface area contributed by atoms with Crippen molar-refractivity contribution in [3.05, 3.63) is 48.6 Å². The Morgan fingerprint density at radius 2 is 1.84 bits per heavy atom. The Balaban J connectivity index is 2.72. The van der Waals surface area contributed by atoms with Gasteiger partial charge in [0, 0.05) is 5.56 Å². The Bertz CT molecular complexity index is 460. The van der Waals surface area contributed by atoms with Crippen LogP contribution in [0, 0.1) is 0 Å². The lowest BCUT2D eigenvalue weighted by Gasteiger charge is -2.21. The van der Waals surface area contributed by atoms with Gasteiger partial charge in [-0.2, -0.15) is 0 Å². The van der Waals surface area contributed by atoms with E-state index in [0.29, 0.717) is 5.56 Å². The normalized spacial score (nSPS) is 12.4. The van der Waals surface area contributed by atoms with Gasteiger partial charge in [0.05, 0.1) is 0 Å². The molecular weight excluding hydrogens is 242 g/mol. The minimum absolute atomic E-state index is 0.221. The van der Waals surface area contributed by atoms with Crippen molar-refractivity contribution in [3.8, 4) is 0 Å². The molecule has 0 bridgehead atoms. The van der Waals surface area contributed by atoms with Gasteiger partial charge in [0.2, 0.25) is 0 Å². The molecule has 0 aliphatic heterocycles. The van der Waals surface area contributed by atoms with E-state index in [1.165, 1.54) is 6.08 Å². The SMILES string of the molecule is C=CC(NC(=O)OC(C)(C)C)C(=O)c1ccccc1. The molecule has 19 heavy (non-hydrogen) atoms. The summed E-state index contributed by atoms with van der Waals surface area (Å²) >= 11 is 0. The number of carbonyl (C=O) groups is 2. The first-order valence-electron chi connectivity index (χ1n) is 6.05. The van der Waals surface area contributed by atoms with E-state index in [9.17, 15) is 9.59 Å². The summed E-state index contributed by atoms with van der Waals surface area (Å²) in [5, 5.41) is 2.49. The lowest BCUT2D eigenvalue weighted by molar-refractivity contribution is 0.0504. The number of carbonyl (C=O) groups excluding carboxylic acids is 2. The first kappa shape index (κ1) is 15.0. The van der Waals surface area contributed by atoms with Crippen LogP contribution in [0.5, 0.6) is 0 Å². The number of hydrogen-bond acceptors (Lipinski definition) is 3. The largest absolute Gasteiger partial charge is 0.444 e. The minimum Gasteiger partial charge on any atom is -0.444 e. The van der Waals surface area contributed by atoms with Crippen molar-refractivity contribution in [1.82, 2.24) is 5.32 Å². The van der Waals surface area contributed by atoms with Crippen LogP contribution in [-0.2, 0) is 4.74 Å². The number of ketones is 1. The van der Waals surface area contributed by atoms with Crippen molar-refractivity contribution in [2.24, 2.45) is 0 Å². The summed E-state index contributed by atoms with van der Waals surface area (Å²) in [5.41, 5.74) is -0.0885. The van der Waals surface area contributed by atoms with E-state index < -0.39 is 17.7 Å². The van der Waals surface area contributed by atoms with Crippen LogP contribution < -0.4 is 5.32 Å². The molecule has 0 aliphatic carbocycles. The third-order valence-corrected chi connectivity index (χ3v) is 2.25. The highest BCUT2D eigenvalue weighted by Crippen LogP contribution is 2.08. The number of amides is 1. The summed E-state index contributed by atoms with van der Waals surface area (Å²) in [6, 6.07) is 7.94. The number of Topliss-reactive ketones (excluding diaryl/α,β-unsaturated/α-hetero) is 1. The smallest absolute Gasteiger partial charge is 0.408 e. The highest BCUT2D eigenvalue weighted by Gasteiger charge is 2.22. The monoisotopic (exact) mass is 261 g/mol. The third kappa shape index (κ3) is 4.95. The molecule has 4 nitrogen and oxygen atoms in total. The molecule has 1 unspecified atom stereocenters. The molecule has 1 atom stereocenters. The fourth-order valence-corrected chi connectivity index (χ4v) is 1.45. The van der Waals surface area contributed by atoms with E-state index in [2.05, 4.69) is 11.9 Å². The second kappa shape index (κ2) is 6.18. The van der Waals surface area contributed by atoms with Gasteiger partial charge in [-0.15, -0.1) is 6.58 Å². The van der Waals surface area contributed by atoms with Crippen LogP contribution in [0.15, 0.2) is 43.0 Å². The summed E-state index contributed by atoms with van der Waals surface area (Å²) in [4.78, 5) is 23.8. The molecular formula is C15H19NO3. The predicted molar refractivity (Wildman–Crippen MR) is 74.1 cm³/mol. The summed E-state index contributed by atoms with van der Waals surface area (Å²) in [5.74, 6) is -0.221. The van der Waals surface area contributed by atoms with E-state index in [1.807, 2.05) is 6.07 Å². The van der Waals surface area contributed by atoms with Crippen LogP contribution >= 0.6 is 0 Å². The molecule has 1 rings (SSSR count). The van der Waals surface area contributed by atoms with Crippen molar-refractivity contribution in [2.45, 2.75) is 32.4 Å². The highest BCUT2D eigenvalue weighted by atomic mass is 16.6. The zero-order valence-electron chi connectivity index (χ0n) is 11.5. The molecule has 0 radical (unpaired) electrons. The lowest BCUT2D eigenvalue weighted by atomic mass is 10.0. The van der Waals surface area contributed by atoms with E-state index in [-0.39, 0.29) is 5.78 Å². The van der Waals surface area contributed by atoms with E-state index in [1.54, 1.807) is 45.0 Å². The maximum Gasteiger partial charge on any atom is 0.408 e. The Morgan fingerprint density at radius 3 is 2.32 bits per heavy atom. The molecule has 0 aliphatic rings. The molecule has 0 saturated heterocycles. The first-order chi connectivity index (χ1) is 8.83. The molecule has 1 amide bonds. The molecule has 0 aromatic heterocycles. The number of hydrogen-bond donors (Lipinski definition) is 1. The van der Waals surface area contributed by atoms with Crippen LogP contribution in [0.3, 0.4) is 0 Å². The van der Waals surface area contributed by atoms with E-state index >= 15 is 0 Å². The van der Waals surface area contributed by atoms with Crippen LogP contribution in [0.2, 0.25) is 0 Å². The van der Waals surface area contributed by atoms with Gasteiger partial charge in [0.15, 0.2) is 5.78 Å². The summed E-state index contributed by atoms with van der Waals surface area (Å²) in [7, 11) is 0. The summed E-state index contributed by atoms with van der Waals surface area (Å²) in [6.07, 6.45) is 0.751. The Labute approximate surface area is 113 Å². The molecule has 1 aromatic rings. The number of alkyl carbamates (subject to hydrolysis) is 1. The maximum atomic E-state index is 12.1. The summed E-state index contributed by atoms with van der Waals surface area (Å²) in [6.45, 7) is 8.84. The molecule has 1 aromatic carbocycles. The standard InChI is InChI=1S/C15H19NO3/c1-5-12(16-14(18)19-15(2,3)4)13(17)11-9-7-6-8-10-11/h5-10,12H,1H2,2-4H3,(H,16,18). The van der Waals surface area contributed by atoms with Gasteiger partial charge in [-0.25, -0.2) is 4.79 Å². The Kier molecular flexibility index (Phi) is 4.87. The molecule has 0 fully saturated rings. The number of benzene rings is 1. The predicted octanol–water partition coefficient (Wildman–Crippen LogP) is 2.95. The van der Waals surface area contributed by atoms with E-state index in [0.717, 1.165) is 0 Å². The zero-order valence-corrected chi connectivity index (χ0v) is 11.5. The fraction of sp³-hybridized carbons (Fsp3) is 0.333. The average molecular weight is 261 g/mol. The van der Waals surface area contributed by atoms with E-state index in [4.69, 9.17) is 4.74 Å². The first-order valence-corrected chi connectivity index (χ1v) is 6.05. The van der Waals surface area contributed by atoms with Gasteiger partial charge in [-0.05, 0) is 20.8 Å². The molecule has 4 heteroatoms. The third-order valence-electron chi connectivity index (χ3n) is 2.25. The maximum absolute atomic E-state index is 12.1. The topological polar surface area (TPSA) is 55.4 Å². The van der Waals surface area contributed by atoms with Crippen molar-refractivity contribution in [1.29, 1.82) is 0 Å². The Hall–Kier alpha value is -2.10. The van der Waals surface area contributed by atoms with Crippen LogP contribution in [0.25, 0.3) is 0 Å². The van der Waals surface area contributed by atoms with Crippen LogP contribution in [0.1, 0.15) is 31.1 Å². The second-order valence-electron chi connectivity index (χ2n) is 5.09. The van der Waals surface area contributed by atoms with Crippen molar-refractivity contribution >= 4 is 11.9 Å².